The number of amides is 2. The fourth-order valence-electron chi connectivity index (χ4n) is 3.84. The van der Waals surface area contributed by atoms with Gasteiger partial charge in [-0.25, -0.2) is 10.9 Å². The van der Waals surface area contributed by atoms with E-state index in [1.807, 2.05) is 0 Å². The molecule has 4 N–H and O–H groups in total. The lowest BCUT2D eigenvalue weighted by Gasteiger charge is -2.06. The molecule has 0 saturated carbocycles. The number of carbonyl (C=O) groups is 2. The van der Waals surface area contributed by atoms with E-state index in [0.717, 1.165) is 25.3 Å². The van der Waals surface area contributed by atoms with E-state index in [0.29, 0.717) is 22.6 Å². The summed E-state index contributed by atoms with van der Waals surface area (Å²) in [5.41, 5.74) is 5.16. The van der Waals surface area contributed by atoms with Crippen LogP contribution in [0.1, 0.15) is 64.2 Å². The predicted octanol–water partition coefficient (Wildman–Crippen LogP) is 2.14. The van der Waals surface area contributed by atoms with Crippen LogP contribution in [0.5, 0.6) is 5.75 Å². The molecule has 2 aromatic carbocycles. The Labute approximate surface area is 246 Å². The molecule has 12 nitrogen and oxygen atoms in total. The molecule has 218 valence electrons. The number of nitrogens with zero attached hydrogens (tertiary/aromatic N) is 2. The van der Waals surface area contributed by atoms with Crippen LogP contribution in [0.25, 0.3) is 11.0 Å². The van der Waals surface area contributed by atoms with Crippen molar-refractivity contribution >= 4 is 47.8 Å². The van der Waals surface area contributed by atoms with E-state index >= 15 is 0 Å². The normalized spacial score (nSPS) is 11.0. The summed E-state index contributed by atoms with van der Waals surface area (Å²) in [6.45, 7) is 2.07. The molecule has 0 radical (unpaired) electrons. The molecule has 0 aliphatic carbocycles. The van der Waals surface area contributed by atoms with Gasteiger partial charge in [-0.15, -0.1) is 0 Å². The standard InChI is InChI=1S/C30H27BN4O8/c1-3-4-5-6-8-22-11-12-26(42-22)29(37)34-32-17-19-13-20(15-21(14-19)31(39)40)18-33-35-30(38)27-16-23(36)28-24(41-2)9-7-10-25(28)43-27/h7,9-18,39-40H,3-5H2,1-2H3,(H,34,37)(H,35,38)/b32-17+,33-18+. The third-order valence-electron chi connectivity index (χ3n) is 5.91. The molecule has 4 rings (SSSR count). The fourth-order valence-corrected chi connectivity index (χ4v) is 3.84. The maximum atomic E-state index is 12.6. The van der Waals surface area contributed by atoms with E-state index in [2.05, 4.69) is 39.8 Å². The zero-order valence-corrected chi connectivity index (χ0v) is 23.3. The van der Waals surface area contributed by atoms with Gasteiger partial charge in [0.1, 0.15) is 16.7 Å². The summed E-state index contributed by atoms with van der Waals surface area (Å²) in [7, 11) is -0.391. The number of methoxy groups -OCH3 is 1. The Balaban J connectivity index is 1.43. The van der Waals surface area contributed by atoms with Gasteiger partial charge >= 0.3 is 18.9 Å². The van der Waals surface area contributed by atoms with Crippen LogP contribution in [0.15, 0.2) is 78.4 Å². The summed E-state index contributed by atoms with van der Waals surface area (Å²) in [4.78, 5) is 37.5. The van der Waals surface area contributed by atoms with E-state index in [9.17, 15) is 24.4 Å². The van der Waals surface area contributed by atoms with Gasteiger partial charge in [-0.3, -0.25) is 14.4 Å². The first kappa shape index (κ1) is 30.5. The number of nitrogens with one attached hydrogen (secondary N) is 2. The molecule has 2 amide bonds. The average molecular weight is 582 g/mol. The highest BCUT2D eigenvalue weighted by molar-refractivity contribution is 6.58. The monoisotopic (exact) mass is 582 g/mol. The second kappa shape index (κ2) is 14.4. The number of hydrogen-bond acceptors (Lipinski definition) is 10. The number of ether oxygens (including phenoxy) is 1. The molecule has 0 aliphatic rings. The number of furan rings is 1. The van der Waals surface area contributed by atoms with Gasteiger partial charge in [-0.2, -0.15) is 10.2 Å². The van der Waals surface area contributed by atoms with Gasteiger partial charge in [-0.05, 0) is 59.3 Å². The third-order valence-corrected chi connectivity index (χ3v) is 5.91. The number of fused-ring (bicyclic) bond motifs is 1. The first-order chi connectivity index (χ1) is 20.8. The van der Waals surface area contributed by atoms with Crippen LogP contribution in [-0.2, 0) is 0 Å². The summed E-state index contributed by atoms with van der Waals surface area (Å²) in [5.74, 6) is 4.91. The Morgan fingerprint density at radius 1 is 0.977 bits per heavy atom. The number of hydrogen-bond donors (Lipinski definition) is 4. The van der Waals surface area contributed by atoms with Crippen LogP contribution in [0, 0.1) is 11.8 Å². The van der Waals surface area contributed by atoms with Gasteiger partial charge in [0.15, 0.2) is 22.7 Å². The number of benzene rings is 2. The average Bonchev–Trinajstić information content (AvgIpc) is 3.48. The lowest BCUT2D eigenvalue weighted by atomic mass is 9.79. The number of rotatable bonds is 10. The Bertz CT molecular complexity index is 1810. The molecule has 0 aliphatic heterocycles. The molecule has 0 atom stereocenters. The Hall–Kier alpha value is -5.45. The molecule has 2 heterocycles. The lowest BCUT2D eigenvalue weighted by Crippen LogP contribution is -2.30. The molecule has 0 bridgehead atoms. The van der Waals surface area contributed by atoms with Crippen molar-refractivity contribution in [1.82, 2.24) is 10.9 Å². The fraction of sp³-hybridized carbons (Fsp3) is 0.167. The SMILES string of the molecule is CCCCC#Cc1ccc(C(=O)N/N=C/c2cc(/C=N/NC(=O)c3cc(=O)c4c(OC)cccc4o3)cc(B(O)O)c2)o1. The van der Waals surface area contributed by atoms with Crippen LogP contribution in [0.4, 0.5) is 0 Å². The van der Waals surface area contributed by atoms with Gasteiger partial charge in [0, 0.05) is 12.5 Å². The predicted molar refractivity (Wildman–Crippen MR) is 161 cm³/mol. The molecular formula is C30H27BN4O8. The minimum absolute atomic E-state index is 0.0291. The van der Waals surface area contributed by atoms with Crippen LogP contribution < -0.4 is 26.5 Å². The van der Waals surface area contributed by atoms with Crippen molar-refractivity contribution in [2.24, 2.45) is 10.2 Å². The van der Waals surface area contributed by atoms with Gasteiger partial charge in [0.25, 0.3) is 0 Å². The summed E-state index contributed by atoms with van der Waals surface area (Å²) in [6, 6.07) is 13.3. The molecule has 0 fully saturated rings. The van der Waals surface area contributed by atoms with Crippen LogP contribution in [0.2, 0.25) is 0 Å². The minimum atomic E-state index is -1.81. The van der Waals surface area contributed by atoms with E-state index < -0.39 is 24.4 Å². The van der Waals surface area contributed by atoms with Crippen LogP contribution >= 0.6 is 0 Å². The third kappa shape index (κ3) is 8.07. The maximum Gasteiger partial charge on any atom is 0.488 e. The summed E-state index contributed by atoms with van der Waals surface area (Å²) >= 11 is 0. The van der Waals surface area contributed by atoms with E-state index in [4.69, 9.17) is 13.6 Å². The summed E-state index contributed by atoms with van der Waals surface area (Å²) in [6.07, 6.45) is 5.28. The van der Waals surface area contributed by atoms with Gasteiger partial charge in [0.2, 0.25) is 0 Å². The number of unbranched alkanes of at least 4 members (excludes halogenated alkanes) is 2. The van der Waals surface area contributed by atoms with E-state index in [1.54, 1.807) is 24.3 Å². The van der Waals surface area contributed by atoms with Gasteiger partial charge in [0.05, 0.1) is 19.5 Å². The number of hydrazone groups is 2. The minimum Gasteiger partial charge on any atom is -0.496 e. The number of carbonyl (C=O) groups excluding carboxylic acids is 2. The molecule has 0 saturated heterocycles. The molecule has 2 aromatic heterocycles. The van der Waals surface area contributed by atoms with E-state index in [-0.39, 0.29) is 28.0 Å². The van der Waals surface area contributed by atoms with Crippen molar-refractivity contribution in [2.45, 2.75) is 26.2 Å². The quantitative estimate of drug-likeness (QED) is 0.0723. The molecule has 43 heavy (non-hydrogen) atoms. The Morgan fingerprint density at radius 2 is 1.67 bits per heavy atom. The molecule has 13 heteroatoms. The molecule has 4 aromatic rings. The van der Waals surface area contributed by atoms with Crippen molar-refractivity contribution < 1.29 is 33.2 Å². The summed E-state index contributed by atoms with van der Waals surface area (Å²) < 4.78 is 16.1. The van der Waals surface area contributed by atoms with Crippen molar-refractivity contribution in [1.29, 1.82) is 0 Å². The largest absolute Gasteiger partial charge is 0.496 e. The first-order valence-corrected chi connectivity index (χ1v) is 13.2. The second-order valence-electron chi connectivity index (χ2n) is 9.08. The summed E-state index contributed by atoms with van der Waals surface area (Å²) in [5, 5.41) is 27.4. The highest BCUT2D eigenvalue weighted by Crippen LogP contribution is 2.22. The van der Waals surface area contributed by atoms with Crippen molar-refractivity contribution in [3.05, 3.63) is 93.2 Å². The molecule has 0 spiro atoms. The van der Waals surface area contributed by atoms with Crippen molar-refractivity contribution in [3.8, 4) is 17.6 Å². The first-order valence-electron chi connectivity index (χ1n) is 13.2. The Kier molecular flexibility index (Phi) is 10.3. The van der Waals surface area contributed by atoms with Gasteiger partial charge < -0.3 is 23.6 Å². The lowest BCUT2D eigenvalue weighted by molar-refractivity contribution is 0.0920. The second-order valence-corrected chi connectivity index (χ2v) is 9.08. The zero-order valence-electron chi connectivity index (χ0n) is 23.3. The maximum absolute atomic E-state index is 12.6. The van der Waals surface area contributed by atoms with Gasteiger partial charge in [-0.1, -0.05) is 37.5 Å². The highest BCUT2D eigenvalue weighted by atomic mass is 16.5. The van der Waals surface area contributed by atoms with Crippen LogP contribution in [-0.4, -0.2) is 48.5 Å². The zero-order chi connectivity index (χ0) is 30.8. The van der Waals surface area contributed by atoms with Crippen molar-refractivity contribution in [3.63, 3.8) is 0 Å². The molecular weight excluding hydrogens is 555 g/mol. The van der Waals surface area contributed by atoms with E-state index in [1.165, 1.54) is 43.8 Å². The Morgan fingerprint density at radius 3 is 2.33 bits per heavy atom. The smallest absolute Gasteiger partial charge is 0.488 e. The van der Waals surface area contributed by atoms with Crippen molar-refractivity contribution in [2.75, 3.05) is 7.11 Å². The van der Waals surface area contributed by atoms with Crippen LogP contribution in [0.3, 0.4) is 0 Å². The highest BCUT2D eigenvalue weighted by Gasteiger charge is 2.15. The molecule has 0 unspecified atom stereocenters. The topological polar surface area (TPSA) is 176 Å².